The highest BCUT2D eigenvalue weighted by molar-refractivity contribution is 5.74. The van der Waals surface area contributed by atoms with Crippen molar-refractivity contribution in [2.24, 2.45) is 11.5 Å². The Labute approximate surface area is 176 Å². The third kappa shape index (κ3) is 4.43. The average molecular weight is 396 g/mol. The largest absolute Gasteiger partial charge is 0.330 e. The molecular weight excluding hydrogens is 370 g/mol. The van der Waals surface area contributed by atoms with Gasteiger partial charge < -0.3 is 11.5 Å². The van der Waals surface area contributed by atoms with Gasteiger partial charge in [0, 0.05) is 48.4 Å². The minimum absolute atomic E-state index is 0.516. The minimum Gasteiger partial charge on any atom is -0.330 e. The van der Waals surface area contributed by atoms with Crippen molar-refractivity contribution in [3.63, 3.8) is 0 Å². The summed E-state index contributed by atoms with van der Waals surface area (Å²) in [5.41, 5.74) is 20.8. The van der Waals surface area contributed by atoms with Crippen LogP contribution in [0.1, 0.15) is 16.8 Å². The van der Waals surface area contributed by atoms with Crippen LogP contribution in [0.2, 0.25) is 0 Å². The van der Waals surface area contributed by atoms with Crippen molar-refractivity contribution in [1.82, 2.24) is 15.0 Å². The van der Waals surface area contributed by atoms with Gasteiger partial charge >= 0.3 is 0 Å². The van der Waals surface area contributed by atoms with Crippen molar-refractivity contribution in [1.29, 1.82) is 0 Å². The second-order valence-electron chi connectivity index (χ2n) is 7.36. The first-order chi connectivity index (χ1) is 14.7. The highest BCUT2D eigenvalue weighted by atomic mass is 14.8. The van der Waals surface area contributed by atoms with Crippen molar-refractivity contribution in [3.8, 4) is 33.6 Å². The summed E-state index contributed by atoms with van der Waals surface area (Å²) in [6.07, 6.45) is 6.26. The van der Waals surface area contributed by atoms with Crippen LogP contribution in [0.15, 0.2) is 73.2 Å². The van der Waals surface area contributed by atoms with Gasteiger partial charge in [0.05, 0.1) is 11.4 Å². The zero-order valence-electron chi connectivity index (χ0n) is 17.0. The van der Waals surface area contributed by atoms with E-state index < -0.39 is 0 Å². The van der Waals surface area contributed by atoms with E-state index >= 15 is 0 Å². The molecule has 0 amide bonds. The molecule has 0 fully saturated rings. The van der Waals surface area contributed by atoms with Crippen LogP contribution in [0.3, 0.4) is 0 Å². The Morgan fingerprint density at radius 2 is 1.60 bits per heavy atom. The highest BCUT2D eigenvalue weighted by Crippen LogP contribution is 2.29. The van der Waals surface area contributed by atoms with Crippen LogP contribution in [0.4, 0.5) is 0 Å². The molecule has 30 heavy (non-hydrogen) atoms. The Balaban J connectivity index is 1.80. The number of rotatable bonds is 6. The summed E-state index contributed by atoms with van der Waals surface area (Å²) in [4.78, 5) is 13.7. The number of hydrogen-bond acceptors (Lipinski definition) is 5. The molecule has 0 aliphatic rings. The molecule has 5 nitrogen and oxygen atoms in total. The van der Waals surface area contributed by atoms with E-state index in [-0.39, 0.29) is 0 Å². The van der Waals surface area contributed by atoms with Gasteiger partial charge in [-0.2, -0.15) is 0 Å². The number of aryl methyl sites for hydroxylation is 1. The molecule has 150 valence electrons. The van der Waals surface area contributed by atoms with Crippen molar-refractivity contribution in [2.75, 3.05) is 6.54 Å². The molecule has 4 aromatic rings. The van der Waals surface area contributed by atoms with Crippen LogP contribution in [0.5, 0.6) is 0 Å². The van der Waals surface area contributed by atoms with Crippen molar-refractivity contribution < 1.29 is 0 Å². The van der Waals surface area contributed by atoms with Gasteiger partial charge in [0.25, 0.3) is 0 Å². The molecule has 0 atom stereocenters. The third-order valence-electron chi connectivity index (χ3n) is 4.98. The van der Waals surface area contributed by atoms with E-state index in [0.29, 0.717) is 19.5 Å². The molecule has 0 spiro atoms. The average Bonchev–Trinajstić information content (AvgIpc) is 2.79. The number of benzene rings is 1. The van der Waals surface area contributed by atoms with Crippen molar-refractivity contribution in [3.05, 3.63) is 90.0 Å². The number of aromatic nitrogens is 3. The second kappa shape index (κ2) is 8.95. The Morgan fingerprint density at radius 3 is 2.30 bits per heavy atom. The summed E-state index contributed by atoms with van der Waals surface area (Å²) in [5.74, 6) is 0. The molecule has 4 rings (SSSR count). The van der Waals surface area contributed by atoms with Gasteiger partial charge in [-0.3, -0.25) is 15.0 Å². The molecule has 3 heterocycles. The monoisotopic (exact) mass is 395 g/mol. The molecule has 0 radical (unpaired) electrons. The Morgan fingerprint density at radius 1 is 0.800 bits per heavy atom. The fourth-order valence-electron chi connectivity index (χ4n) is 3.58. The normalized spacial score (nSPS) is 10.9. The van der Waals surface area contributed by atoms with E-state index in [2.05, 4.69) is 53.3 Å². The lowest BCUT2D eigenvalue weighted by molar-refractivity contribution is 0.924. The predicted molar refractivity (Wildman–Crippen MR) is 122 cm³/mol. The number of nitrogens with zero attached hydrogens (tertiary/aromatic N) is 3. The fraction of sp³-hybridized carbons (Fsp3) is 0.160. The lowest BCUT2D eigenvalue weighted by Gasteiger charge is -2.11. The Hall–Kier alpha value is -3.41. The lowest BCUT2D eigenvalue weighted by atomic mass is 9.98. The predicted octanol–water partition coefficient (Wildman–Crippen LogP) is 4.14. The highest BCUT2D eigenvalue weighted by Gasteiger charge is 2.10. The number of pyridine rings is 3. The smallest absolute Gasteiger partial charge is 0.0895 e. The zero-order chi connectivity index (χ0) is 20.9. The van der Waals surface area contributed by atoms with Crippen LogP contribution in [-0.2, 0) is 13.0 Å². The van der Waals surface area contributed by atoms with Gasteiger partial charge in [-0.15, -0.1) is 0 Å². The maximum absolute atomic E-state index is 5.86. The summed E-state index contributed by atoms with van der Waals surface area (Å²) in [5, 5.41) is 0. The van der Waals surface area contributed by atoms with Crippen LogP contribution < -0.4 is 11.5 Å². The van der Waals surface area contributed by atoms with Gasteiger partial charge in [0.1, 0.15) is 0 Å². The first-order valence-electron chi connectivity index (χ1n) is 10.0. The first kappa shape index (κ1) is 19.9. The molecule has 0 unspecified atom stereocenters. The van der Waals surface area contributed by atoms with E-state index in [4.69, 9.17) is 16.5 Å². The molecule has 0 bridgehead atoms. The topological polar surface area (TPSA) is 90.7 Å². The Kier molecular flexibility index (Phi) is 5.93. The van der Waals surface area contributed by atoms with Gasteiger partial charge in [-0.25, -0.2) is 0 Å². The van der Waals surface area contributed by atoms with Crippen LogP contribution in [0.25, 0.3) is 33.6 Å². The van der Waals surface area contributed by atoms with Crippen LogP contribution in [0, 0.1) is 6.92 Å². The van der Waals surface area contributed by atoms with E-state index in [1.807, 2.05) is 30.6 Å². The lowest BCUT2D eigenvalue weighted by Crippen LogP contribution is -2.05. The first-order valence-corrected chi connectivity index (χ1v) is 10.0. The zero-order valence-corrected chi connectivity index (χ0v) is 17.0. The standard InChI is InChI=1S/C25H25N5/c1-17-8-18(14-27)10-19(9-17)21-11-22(16-28-15-21)20-12-23(5-6-26)30-25(13-20)24-4-2-3-7-29-24/h2-4,7-13,15-16H,5-6,14,26-27H2,1H3. The number of hydrogen-bond donors (Lipinski definition) is 2. The van der Waals surface area contributed by atoms with Crippen molar-refractivity contribution in [2.45, 2.75) is 19.9 Å². The molecule has 5 heteroatoms. The molecule has 3 aromatic heterocycles. The fourth-order valence-corrected chi connectivity index (χ4v) is 3.58. The van der Waals surface area contributed by atoms with Crippen molar-refractivity contribution >= 4 is 0 Å². The maximum atomic E-state index is 5.86. The second-order valence-corrected chi connectivity index (χ2v) is 7.36. The van der Waals surface area contributed by atoms with Gasteiger partial charge in [-0.05, 0) is 66.6 Å². The van der Waals surface area contributed by atoms with Gasteiger partial charge in [-0.1, -0.05) is 23.8 Å². The van der Waals surface area contributed by atoms with Gasteiger partial charge in [0.15, 0.2) is 0 Å². The molecule has 0 saturated carbocycles. The molecule has 4 N–H and O–H groups in total. The summed E-state index contributed by atoms with van der Waals surface area (Å²) < 4.78 is 0. The molecule has 0 aliphatic heterocycles. The van der Waals surface area contributed by atoms with E-state index in [1.54, 1.807) is 6.20 Å². The summed E-state index contributed by atoms with van der Waals surface area (Å²) in [6.45, 7) is 3.14. The van der Waals surface area contributed by atoms with Crippen LogP contribution >= 0.6 is 0 Å². The van der Waals surface area contributed by atoms with Gasteiger partial charge in [0.2, 0.25) is 0 Å². The molecule has 1 aromatic carbocycles. The van der Waals surface area contributed by atoms with E-state index in [0.717, 1.165) is 44.9 Å². The third-order valence-corrected chi connectivity index (χ3v) is 4.98. The summed E-state index contributed by atoms with van der Waals surface area (Å²) >= 11 is 0. The summed E-state index contributed by atoms with van der Waals surface area (Å²) in [7, 11) is 0. The summed E-state index contributed by atoms with van der Waals surface area (Å²) in [6, 6.07) is 18.5. The van der Waals surface area contributed by atoms with Crippen LogP contribution in [-0.4, -0.2) is 21.5 Å². The quantitative estimate of drug-likeness (QED) is 0.512. The SMILES string of the molecule is Cc1cc(CN)cc(-c2cncc(-c3cc(CCN)nc(-c4ccccn4)c3)c2)c1. The van der Waals surface area contributed by atoms with E-state index in [9.17, 15) is 0 Å². The van der Waals surface area contributed by atoms with E-state index in [1.165, 1.54) is 5.56 Å². The Bertz CT molecular complexity index is 1160. The maximum Gasteiger partial charge on any atom is 0.0895 e. The molecule has 0 saturated heterocycles. The number of nitrogens with two attached hydrogens (primary N) is 2. The molecular formula is C25H25N5. The molecule has 0 aliphatic carbocycles. The minimum atomic E-state index is 0.516.